The minimum absolute atomic E-state index is 0.109. The molecule has 690 valence electrons. The minimum atomic E-state index is -4.97. The zero-order valence-corrected chi connectivity index (χ0v) is 78.8. The highest BCUT2D eigenvalue weighted by Crippen LogP contribution is 2.45. The molecule has 0 aliphatic heterocycles. The van der Waals surface area contributed by atoms with Crippen LogP contribution in [-0.2, 0) is 65.4 Å². The first-order chi connectivity index (χ1) is 56.3. The number of carbonyl (C=O) groups is 4. The Morgan fingerprint density at radius 2 is 0.440 bits per heavy atom. The number of hydrogen-bond acceptors (Lipinski definition) is 15. The number of aliphatic hydroxyl groups is 1. The molecule has 3 N–H and O–H groups in total. The Hall–Kier alpha value is -1.94. The Kier molecular flexibility index (Phi) is 85.1. The average molecular weight is 1690 g/mol. The molecule has 0 heterocycles. The smallest absolute Gasteiger partial charge is 0.462 e. The fraction of sp³-hybridized carbons (Fsp3) is 0.959. The van der Waals surface area contributed by atoms with Crippen molar-refractivity contribution in [1.82, 2.24) is 0 Å². The monoisotopic (exact) mass is 1690 g/mol. The highest BCUT2D eigenvalue weighted by molar-refractivity contribution is 7.47. The summed E-state index contributed by atoms with van der Waals surface area (Å²) in [6, 6.07) is 0. The molecule has 0 saturated carbocycles. The van der Waals surface area contributed by atoms with E-state index in [1.165, 1.54) is 334 Å². The predicted molar refractivity (Wildman–Crippen MR) is 483 cm³/mol. The van der Waals surface area contributed by atoms with Crippen LogP contribution in [0.15, 0.2) is 0 Å². The topological polar surface area (TPSA) is 237 Å². The Labute approximate surface area is 715 Å². The summed E-state index contributed by atoms with van der Waals surface area (Å²) in [5.74, 6) is 0.425. The summed E-state index contributed by atoms with van der Waals surface area (Å²) in [6.45, 7) is 12.2. The van der Waals surface area contributed by atoms with Crippen molar-refractivity contribution in [2.45, 2.75) is 542 Å². The van der Waals surface area contributed by atoms with Gasteiger partial charge in [-0.1, -0.05) is 472 Å². The van der Waals surface area contributed by atoms with Gasteiger partial charge in [0.05, 0.1) is 26.4 Å². The van der Waals surface area contributed by atoms with E-state index in [0.717, 1.165) is 108 Å². The second-order valence-corrected chi connectivity index (χ2v) is 38.9. The first-order valence-electron chi connectivity index (χ1n) is 49.9. The van der Waals surface area contributed by atoms with Crippen molar-refractivity contribution < 1.29 is 80.2 Å². The van der Waals surface area contributed by atoms with E-state index in [-0.39, 0.29) is 25.7 Å². The SMILES string of the molecule is CCCCCCCCCCCCCCC(=O)OC[C@H](COP(=O)(O)OC[C@H](O)COP(=O)(O)OC[C@@H](COC(=O)CCCCCCCCCCCCCCCCCCCCC(C)C)OC(=O)CCCCCCCCCCCCCCCCCCCCC(C)CC)OC(=O)CCCCCCCCCCCCCCCCCCCCC(C)C. The van der Waals surface area contributed by atoms with Crippen LogP contribution >= 0.6 is 15.6 Å². The maximum Gasteiger partial charge on any atom is 0.472 e. The molecular weight excluding hydrogens is 1500 g/mol. The van der Waals surface area contributed by atoms with E-state index >= 15 is 0 Å². The van der Waals surface area contributed by atoms with Crippen LogP contribution in [0.5, 0.6) is 0 Å². The predicted octanol–water partition coefficient (Wildman–Crippen LogP) is 30.4. The number of hydrogen-bond donors (Lipinski definition) is 3. The molecule has 0 fully saturated rings. The molecule has 0 aliphatic rings. The Bertz CT molecular complexity index is 2220. The van der Waals surface area contributed by atoms with Crippen molar-refractivity contribution >= 4 is 39.5 Å². The van der Waals surface area contributed by atoms with Crippen molar-refractivity contribution in [3.63, 3.8) is 0 Å². The van der Waals surface area contributed by atoms with Crippen molar-refractivity contribution in [3.05, 3.63) is 0 Å². The summed E-state index contributed by atoms with van der Waals surface area (Å²) in [4.78, 5) is 73.6. The van der Waals surface area contributed by atoms with Gasteiger partial charge in [0.2, 0.25) is 0 Å². The van der Waals surface area contributed by atoms with Crippen molar-refractivity contribution in [2.24, 2.45) is 17.8 Å². The minimum Gasteiger partial charge on any atom is -0.462 e. The van der Waals surface area contributed by atoms with Gasteiger partial charge in [0.15, 0.2) is 12.2 Å². The van der Waals surface area contributed by atoms with Gasteiger partial charge in [-0.25, -0.2) is 9.13 Å². The first kappa shape index (κ1) is 114. The summed E-state index contributed by atoms with van der Waals surface area (Å²) < 4.78 is 69.3. The first-order valence-corrected chi connectivity index (χ1v) is 52.9. The van der Waals surface area contributed by atoms with Gasteiger partial charge >= 0.3 is 39.5 Å². The summed E-state index contributed by atoms with van der Waals surface area (Å²) in [5.41, 5.74) is 0. The van der Waals surface area contributed by atoms with E-state index in [1.807, 2.05) is 0 Å². The van der Waals surface area contributed by atoms with E-state index in [1.54, 1.807) is 0 Å². The van der Waals surface area contributed by atoms with Crippen LogP contribution in [-0.4, -0.2) is 96.7 Å². The molecule has 0 aromatic rings. The van der Waals surface area contributed by atoms with Gasteiger partial charge in [-0.2, -0.15) is 0 Å². The molecule has 116 heavy (non-hydrogen) atoms. The molecule has 0 aliphatic carbocycles. The second kappa shape index (κ2) is 86.6. The van der Waals surface area contributed by atoms with Crippen LogP contribution < -0.4 is 0 Å². The van der Waals surface area contributed by atoms with Crippen molar-refractivity contribution in [1.29, 1.82) is 0 Å². The third-order valence-corrected chi connectivity index (χ3v) is 25.1. The van der Waals surface area contributed by atoms with Gasteiger partial charge in [0.1, 0.15) is 19.3 Å². The molecule has 0 saturated heterocycles. The van der Waals surface area contributed by atoms with Crippen molar-refractivity contribution in [2.75, 3.05) is 39.6 Å². The molecule has 6 atom stereocenters. The summed E-state index contributed by atoms with van der Waals surface area (Å²) in [7, 11) is -9.94. The fourth-order valence-electron chi connectivity index (χ4n) is 15.3. The Morgan fingerprint density at radius 3 is 0.655 bits per heavy atom. The molecule has 17 nitrogen and oxygen atoms in total. The van der Waals surface area contributed by atoms with Crippen LogP contribution in [0.25, 0.3) is 0 Å². The Balaban J connectivity index is 5.24. The van der Waals surface area contributed by atoms with E-state index in [9.17, 15) is 43.2 Å². The number of rotatable bonds is 95. The molecule has 3 unspecified atom stereocenters. The lowest BCUT2D eigenvalue weighted by Crippen LogP contribution is -2.30. The molecule has 19 heteroatoms. The van der Waals surface area contributed by atoms with Crippen LogP contribution in [0, 0.1) is 17.8 Å². The third kappa shape index (κ3) is 88.4. The molecule has 0 aromatic carbocycles. The number of esters is 4. The molecular formula is C97H190O17P2. The van der Waals surface area contributed by atoms with E-state index in [2.05, 4.69) is 48.5 Å². The second-order valence-electron chi connectivity index (χ2n) is 36.0. The fourth-order valence-corrected chi connectivity index (χ4v) is 16.9. The maximum absolute atomic E-state index is 13.2. The van der Waals surface area contributed by atoms with Gasteiger partial charge < -0.3 is 33.8 Å². The zero-order valence-electron chi connectivity index (χ0n) is 77.0. The molecule has 0 spiro atoms. The van der Waals surface area contributed by atoms with Crippen LogP contribution in [0.2, 0.25) is 0 Å². The summed E-state index contributed by atoms with van der Waals surface area (Å²) in [5, 5.41) is 10.7. The van der Waals surface area contributed by atoms with Crippen LogP contribution in [0.1, 0.15) is 524 Å². The lowest BCUT2D eigenvalue weighted by Gasteiger charge is -2.21. The number of aliphatic hydroxyl groups excluding tert-OH is 1. The largest absolute Gasteiger partial charge is 0.472 e. The van der Waals surface area contributed by atoms with Gasteiger partial charge in [-0.05, 0) is 43.4 Å². The number of ether oxygens (including phenoxy) is 4. The zero-order chi connectivity index (χ0) is 85.0. The van der Waals surface area contributed by atoms with E-state index in [4.69, 9.17) is 37.0 Å². The van der Waals surface area contributed by atoms with Crippen LogP contribution in [0.4, 0.5) is 0 Å². The van der Waals surface area contributed by atoms with E-state index < -0.39 is 97.5 Å². The highest BCUT2D eigenvalue weighted by atomic mass is 31.2. The number of unbranched alkanes of at least 4 members (excludes halogenated alkanes) is 62. The average Bonchev–Trinajstić information content (AvgIpc) is 0.908. The van der Waals surface area contributed by atoms with Gasteiger partial charge in [0.25, 0.3) is 0 Å². The van der Waals surface area contributed by atoms with Gasteiger partial charge in [-0.3, -0.25) is 37.3 Å². The van der Waals surface area contributed by atoms with Gasteiger partial charge in [0, 0.05) is 25.7 Å². The molecule has 0 rings (SSSR count). The summed E-state index contributed by atoms with van der Waals surface area (Å²) in [6.07, 6.45) is 82.0. The maximum atomic E-state index is 13.2. The summed E-state index contributed by atoms with van der Waals surface area (Å²) >= 11 is 0. The van der Waals surface area contributed by atoms with E-state index in [0.29, 0.717) is 25.7 Å². The lowest BCUT2D eigenvalue weighted by molar-refractivity contribution is -0.161. The lowest BCUT2D eigenvalue weighted by atomic mass is 9.99. The third-order valence-electron chi connectivity index (χ3n) is 23.2. The molecule has 0 radical (unpaired) electrons. The standard InChI is InChI=1S/C97H190O17P2/c1-8-10-11-12-13-14-15-43-50-57-64-71-78-94(99)107-84-92(113-96(101)80-73-66-59-52-45-38-32-26-20-17-23-29-35-41-48-55-62-69-76-89(5)6)86-111-115(103,104)109-82-91(98)83-110-116(105,106)112-87-93(85-108-95(100)79-72-65-58-51-44-37-31-25-19-16-22-28-34-40-47-54-61-68-75-88(3)4)114-97(102)81-74-67-60-53-46-39-33-27-21-18-24-30-36-42-49-56-63-70-77-90(7)9-2/h88-93,98H,8-87H2,1-7H3,(H,103,104)(H,105,106)/t90?,91-,92+,93+/m0/s1. The number of carbonyl (C=O) groups excluding carboxylic acids is 4. The molecule has 0 amide bonds. The molecule has 0 aromatic heterocycles. The quantitative estimate of drug-likeness (QED) is 0.0222. The number of phosphoric acid groups is 2. The highest BCUT2D eigenvalue weighted by Gasteiger charge is 2.31. The normalized spacial score (nSPS) is 13.9. The Morgan fingerprint density at radius 1 is 0.250 bits per heavy atom. The number of phosphoric ester groups is 2. The van der Waals surface area contributed by atoms with Crippen LogP contribution in [0.3, 0.4) is 0 Å². The molecule has 0 bridgehead atoms. The van der Waals surface area contributed by atoms with Gasteiger partial charge in [-0.15, -0.1) is 0 Å². The van der Waals surface area contributed by atoms with Crippen molar-refractivity contribution in [3.8, 4) is 0 Å².